The normalized spacial score (nSPS) is 22.6. The minimum atomic E-state index is -0.545. The average Bonchev–Trinajstić information content (AvgIpc) is 3.61. The van der Waals surface area contributed by atoms with Gasteiger partial charge in [-0.15, -0.1) is 0 Å². The number of rotatable bonds is 5. The molecule has 4 amide bonds. The summed E-state index contributed by atoms with van der Waals surface area (Å²) >= 11 is 0. The summed E-state index contributed by atoms with van der Waals surface area (Å²) < 4.78 is 11.0. The monoisotopic (exact) mass is 543 g/mol. The third-order valence-corrected chi connectivity index (χ3v) is 8.15. The molecule has 1 aromatic rings. The molecule has 2 atom stereocenters. The van der Waals surface area contributed by atoms with Crippen LogP contribution in [0.25, 0.3) is 0 Å². The van der Waals surface area contributed by atoms with Gasteiger partial charge in [0.2, 0.25) is 0 Å². The fraction of sp³-hybridized carbons (Fsp3) is 0.690. The number of benzene rings is 1. The maximum Gasteiger partial charge on any atom is 0.410 e. The van der Waals surface area contributed by atoms with Crippen molar-refractivity contribution in [2.45, 2.75) is 76.8 Å². The van der Waals surface area contributed by atoms with Gasteiger partial charge in [-0.05, 0) is 52.0 Å². The summed E-state index contributed by atoms with van der Waals surface area (Å²) in [6.45, 7) is 10.2. The molecule has 1 aromatic carbocycles. The fourth-order valence-corrected chi connectivity index (χ4v) is 5.73. The number of carbonyl (C=O) groups excluding carboxylic acids is 3. The molecule has 3 heterocycles. The lowest BCUT2D eigenvalue weighted by molar-refractivity contribution is 0.0229. The van der Waals surface area contributed by atoms with Gasteiger partial charge >= 0.3 is 18.2 Å². The molecule has 4 rings (SSSR count). The van der Waals surface area contributed by atoms with E-state index in [9.17, 15) is 14.4 Å². The Labute approximate surface area is 232 Å². The second kappa shape index (κ2) is 12.4. The van der Waals surface area contributed by atoms with Gasteiger partial charge in [-0.3, -0.25) is 4.90 Å². The van der Waals surface area contributed by atoms with Crippen LogP contribution in [0.2, 0.25) is 0 Å². The number of ether oxygens (including phenoxy) is 2. The molecule has 3 saturated heterocycles. The van der Waals surface area contributed by atoms with Crippen molar-refractivity contribution in [2.75, 3.05) is 53.4 Å². The standard InChI is InChI=1S/C29H45N5O5/c1-29(2,3)39-27(36)31(5)25-14-18-34(20-25)26(35)30(4)24-13-17-33(19-24)23-11-15-32(16-12-23)28(37)38-21-22-9-7-6-8-10-22/h6-10,23-25H,11-21H2,1-5H3/t24-,25+/m1/s1. The Hall–Kier alpha value is -3.01. The quantitative estimate of drug-likeness (QED) is 0.561. The molecule has 10 nitrogen and oxygen atoms in total. The topological polar surface area (TPSA) is 85.9 Å². The molecular weight excluding hydrogens is 498 g/mol. The Morgan fingerprint density at radius 2 is 1.46 bits per heavy atom. The molecule has 3 aliphatic rings. The molecular formula is C29H45N5O5. The summed E-state index contributed by atoms with van der Waals surface area (Å²) in [6.07, 6.45) is 2.92. The van der Waals surface area contributed by atoms with Gasteiger partial charge in [-0.25, -0.2) is 14.4 Å². The van der Waals surface area contributed by atoms with Crippen LogP contribution in [0.5, 0.6) is 0 Å². The summed E-state index contributed by atoms with van der Waals surface area (Å²) in [4.78, 5) is 47.9. The predicted octanol–water partition coefficient (Wildman–Crippen LogP) is 3.85. The maximum atomic E-state index is 13.3. The molecule has 0 bridgehead atoms. The molecule has 0 aliphatic carbocycles. The van der Waals surface area contributed by atoms with Crippen molar-refractivity contribution in [3.05, 3.63) is 35.9 Å². The number of piperidine rings is 1. The summed E-state index contributed by atoms with van der Waals surface area (Å²) in [7, 11) is 3.65. The number of likely N-dealkylation sites (tertiary alicyclic amines) is 3. The Kier molecular flexibility index (Phi) is 9.25. The predicted molar refractivity (Wildman–Crippen MR) is 148 cm³/mol. The highest BCUT2D eigenvalue weighted by molar-refractivity contribution is 5.75. The Morgan fingerprint density at radius 1 is 0.846 bits per heavy atom. The smallest absolute Gasteiger partial charge is 0.410 e. The number of likely N-dealkylation sites (N-methyl/N-ethyl adjacent to an activating group) is 2. The van der Waals surface area contributed by atoms with E-state index in [2.05, 4.69) is 4.90 Å². The van der Waals surface area contributed by atoms with Crippen molar-refractivity contribution in [1.82, 2.24) is 24.5 Å². The van der Waals surface area contributed by atoms with Crippen LogP contribution in [-0.2, 0) is 16.1 Å². The second-order valence-corrected chi connectivity index (χ2v) is 12.1. The van der Waals surface area contributed by atoms with Gasteiger partial charge in [-0.1, -0.05) is 30.3 Å². The summed E-state index contributed by atoms with van der Waals surface area (Å²) in [5.41, 5.74) is 0.443. The molecule has 3 aliphatic heterocycles. The van der Waals surface area contributed by atoms with Crippen LogP contribution in [-0.4, -0.2) is 120 Å². The van der Waals surface area contributed by atoms with Crippen molar-refractivity contribution < 1.29 is 23.9 Å². The SMILES string of the molecule is CN(C(=O)OC(C)(C)C)[C@H]1CCN(C(=O)N(C)[C@@H]2CCN(C3CCN(C(=O)OCc4ccccc4)CC3)C2)C1. The lowest BCUT2D eigenvalue weighted by Gasteiger charge is -2.37. The zero-order valence-corrected chi connectivity index (χ0v) is 24.2. The van der Waals surface area contributed by atoms with Crippen LogP contribution in [0.1, 0.15) is 52.0 Å². The van der Waals surface area contributed by atoms with Crippen molar-refractivity contribution in [3.8, 4) is 0 Å². The van der Waals surface area contributed by atoms with E-state index in [1.54, 1.807) is 16.8 Å². The van der Waals surface area contributed by atoms with E-state index < -0.39 is 5.60 Å². The highest BCUT2D eigenvalue weighted by Crippen LogP contribution is 2.26. The van der Waals surface area contributed by atoms with Crippen LogP contribution in [0.4, 0.5) is 14.4 Å². The van der Waals surface area contributed by atoms with Crippen LogP contribution < -0.4 is 0 Å². The van der Waals surface area contributed by atoms with Crippen LogP contribution in [0.3, 0.4) is 0 Å². The van der Waals surface area contributed by atoms with Crippen LogP contribution >= 0.6 is 0 Å². The Balaban J connectivity index is 1.19. The van der Waals surface area contributed by atoms with Gasteiger partial charge in [0.25, 0.3) is 0 Å². The van der Waals surface area contributed by atoms with Gasteiger partial charge < -0.3 is 29.1 Å². The molecule has 3 fully saturated rings. The van der Waals surface area contributed by atoms with Crippen molar-refractivity contribution in [2.24, 2.45) is 0 Å². The lowest BCUT2D eigenvalue weighted by atomic mass is 10.0. The fourth-order valence-electron chi connectivity index (χ4n) is 5.73. The van der Waals surface area contributed by atoms with Crippen LogP contribution in [0.15, 0.2) is 30.3 Å². The van der Waals surface area contributed by atoms with E-state index in [0.717, 1.165) is 44.3 Å². The number of amides is 4. The van der Waals surface area contributed by atoms with E-state index in [0.29, 0.717) is 38.8 Å². The van der Waals surface area contributed by atoms with E-state index in [1.165, 1.54) is 0 Å². The van der Waals surface area contributed by atoms with Crippen LogP contribution in [0, 0.1) is 0 Å². The number of urea groups is 1. The molecule has 0 unspecified atom stereocenters. The number of nitrogens with zero attached hydrogens (tertiary/aromatic N) is 5. The number of hydrogen-bond donors (Lipinski definition) is 0. The first-order valence-corrected chi connectivity index (χ1v) is 14.2. The Morgan fingerprint density at radius 3 is 2.13 bits per heavy atom. The van der Waals surface area contributed by atoms with Crippen molar-refractivity contribution >= 4 is 18.2 Å². The molecule has 0 saturated carbocycles. The first-order valence-electron chi connectivity index (χ1n) is 14.2. The molecule has 10 heteroatoms. The lowest BCUT2D eigenvalue weighted by Crippen LogP contribution is -2.49. The third-order valence-electron chi connectivity index (χ3n) is 8.15. The highest BCUT2D eigenvalue weighted by atomic mass is 16.6. The first-order chi connectivity index (χ1) is 18.5. The minimum absolute atomic E-state index is 0.0259. The number of hydrogen-bond acceptors (Lipinski definition) is 6. The third kappa shape index (κ3) is 7.56. The number of carbonyl (C=O) groups is 3. The summed E-state index contributed by atoms with van der Waals surface area (Å²) in [5, 5.41) is 0. The van der Waals surface area contributed by atoms with Gasteiger partial charge in [-0.2, -0.15) is 0 Å². The molecule has 0 N–H and O–H groups in total. The second-order valence-electron chi connectivity index (χ2n) is 12.1. The average molecular weight is 544 g/mol. The zero-order valence-electron chi connectivity index (χ0n) is 24.2. The highest BCUT2D eigenvalue weighted by Gasteiger charge is 2.38. The molecule has 39 heavy (non-hydrogen) atoms. The van der Waals surface area contributed by atoms with Gasteiger partial charge in [0, 0.05) is 65.4 Å². The van der Waals surface area contributed by atoms with Crippen molar-refractivity contribution in [3.63, 3.8) is 0 Å². The molecule has 0 aromatic heterocycles. The maximum absolute atomic E-state index is 13.3. The molecule has 0 spiro atoms. The largest absolute Gasteiger partial charge is 0.445 e. The first kappa shape index (κ1) is 29.0. The Bertz CT molecular complexity index is 992. The van der Waals surface area contributed by atoms with Gasteiger partial charge in [0.05, 0.1) is 6.04 Å². The van der Waals surface area contributed by atoms with E-state index in [4.69, 9.17) is 9.47 Å². The molecule has 216 valence electrons. The van der Waals surface area contributed by atoms with E-state index >= 15 is 0 Å². The van der Waals surface area contributed by atoms with Gasteiger partial charge in [0.15, 0.2) is 0 Å². The van der Waals surface area contributed by atoms with Crippen molar-refractivity contribution in [1.29, 1.82) is 0 Å². The van der Waals surface area contributed by atoms with Gasteiger partial charge in [0.1, 0.15) is 12.2 Å². The zero-order chi connectivity index (χ0) is 28.2. The van der Waals surface area contributed by atoms with E-state index in [-0.39, 0.29) is 30.3 Å². The molecule has 0 radical (unpaired) electrons. The minimum Gasteiger partial charge on any atom is -0.445 e. The summed E-state index contributed by atoms with van der Waals surface area (Å²) in [6, 6.07) is 10.3. The summed E-state index contributed by atoms with van der Waals surface area (Å²) in [5.74, 6) is 0. The van der Waals surface area contributed by atoms with E-state index in [1.807, 2.05) is 68.0 Å².